The standard InChI is InChI=1S/C22H16Cl4N2O2/c1-21(2)11-5-6-22(21,20(29)30-17-4-3-10(23)7-14(17)26)19-18(11)27-15-8-12(24)13(25)9-16(15)28-19/h3-4,7-9,11H,5-6H2,1-2H3. The van der Waals surface area contributed by atoms with Crippen molar-refractivity contribution in [1.29, 1.82) is 0 Å². The van der Waals surface area contributed by atoms with Crippen LogP contribution in [0.5, 0.6) is 5.75 Å². The van der Waals surface area contributed by atoms with Crippen molar-refractivity contribution in [1.82, 2.24) is 9.97 Å². The van der Waals surface area contributed by atoms with Crippen molar-refractivity contribution in [3.05, 3.63) is 61.8 Å². The van der Waals surface area contributed by atoms with E-state index in [2.05, 4.69) is 13.8 Å². The maximum Gasteiger partial charge on any atom is 0.324 e. The summed E-state index contributed by atoms with van der Waals surface area (Å²) in [5.74, 6) is -0.0181. The van der Waals surface area contributed by atoms with Gasteiger partial charge in [-0.2, -0.15) is 0 Å². The number of hydrogen-bond acceptors (Lipinski definition) is 4. The van der Waals surface area contributed by atoms with E-state index in [1.54, 1.807) is 30.3 Å². The van der Waals surface area contributed by atoms with Gasteiger partial charge in [0.05, 0.1) is 37.5 Å². The number of rotatable bonds is 2. The Bertz CT molecular complexity index is 1240. The molecule has 8 heteroatoms. The average Bonchev–Trinajstić information content (AvgIpc) is 3.05. The second-order valence-electron chi connectivity index (χ2n) is 8.40. The highest BCUT2D eigenvalue weighted by Gasteiger charge is 2.69. The summed E-state index contributed by atoms with van der Waals surface area (Å²) in [6.45, 7) is 4.15. The molecule has 5 rings (SSSR count). The zero-order valence-electron chi connectivity index (χ0n) is 16.1. The first-order valence-electron chi connectivity index (χ1n) is 9.49. The quantitative estimate of drug-likeness (QED) is 0.292. The van der Waals surface area contributed by atoms with Gasteiger partial charge in [-0.1, -0.05) is 60.3 Å². The average molecular weight is 482 g/mol. The minimum absolute atomic E-state index is 0.0899. The van der Waals surface area contributed by atoms with Crippen molar-refractivity contribution in [2.75, 3.05) is 0 Å². The highest BCUT2D eigenvalue weighted by Crippen LogP contribution is 2.67. The van der Waals surface area contributed by atoms with Gasteiger partial charge in [0.2, 0.25) is 0 Å². The maximum absolute atomic E-state index is 13.6. The Kier molecular flexibility index (Phi) is 4.54. The van der Waals surface area contributed by atoms with Crippen LogP contribution in [0.2, 0.25) is 20.1 Å². The first kappa shape index (κ1) is 20.3. The number of benzene rings is 2. The van der Waals surface area contributed by atoms with Gasteiger partial charge in [0.15, 0.2) is 0 Å². The van der Waals surface area contributed by atoms with Crippen LogP contribution in [0.1, 0.15) is 44.0 Å². The molecule has 0 saturated heterocycles. The molecule has 2 aliphatic carbocycles. The number of aromatic nitrogens is 2. The predicted molar refractivity (Wildman–Crippen MR) is 119 cm³/mol. The highest BCUT2D eigenvalue weighted by molar-refractivity contribution is 6.42. The van der Waals surface area contributed by atoms with Crippen molar-refractivity contribution in [2.24, 2.45) is 5.41 Å². The summed E-state index contributed by atoms with van der Waals surface area (Å²) in [5.41, 5.74) is 1.40. The lowest BCUT2D eigenvalue weighted by molar-refractivity contribution is -0.144. The molecule has 0 aliphatic heterocycles. The molecule has 0 N–H and O–H groups in total. The second kappa shape index (κ2) is 6.70. The first-order valence-corrected chi connectivity index (χ1v) is 11.0. The van der Waals surface area contributed by atoms with Crippen LogP contribution in [0.15, 0.2) is 30.3 Å². The van der Waals surface area contributed by atoms with Crippen molar-refractivity contribution < 1.29 is 9.53 Å². The summed E-state index contributed by atoms with van der Waals surface area (Å²) in [4.78, 5) is 23.3. The highest BCUT2D eigenvalue weighted by atomic mass is 35.5. The normalized spacial score (nSPS) is 23.6. The molecule has 0 radical (unpaired) electrons. The predicted octanol–water partition coefficient (Wildman–Crippen LogP) is 7.00. The number of esters is 1. The lowest BCUT2D eigenvalue weighted by Gasteiger charge is -2.35. The van der Waals surface area contributed by atoms with Gasteiger partial charge in [-0.15, -0.1) is 0 Å². The van der Waals surface area contributed by atoms with E-state index in [-0.39, 0.29) is 22.7 Å². The van der Waals surface area contributed by atoms with Crippen LogP contribution in [-0.4, -0.2) is 15.9 Å². The molecule has 3 aromatic rings. The first-order chi connectivity index (χ1) is 14.1. The van der Waals surface area contributed by atoms with Crippen LogP contribution in [0.25, 0.3) is 11.0 Å². The van der Waals surface area contributed by atoms with Crippen molar-refractivity contribution in [3.63, 3.8) is 0 Å². The molecule has 1 fully saturated rings. The molecule has 2 aromatic carbocycles. The monoisotopic (exact) mass is 480 g/mol. The molecule has 2 unspecified atom stereocenters. The number of carbonyl (C=O) groups is 1. The van der Waals surface area contributed by atoms with Gasteiger partial charge >= 0.3 is 5.97 Å². The minimum Gasteiger partial charge on any atom is -0.424 e. The third-order valence-corrected chi connectivity index (χ3v) is 7.94. The number of halogens is 4. The summed E-state index contributed by atoms with van der Waals surface area (Å²) in [6, 6.07) is 8.18. The van der Waals surface area contributed by atoms with Gasteiger partial charge in [0, 0.05) is 10.9 Å². The lowest BCUT2D eigenvalue weighted by atomic mass is 9.68. The number of ether oxygens (including phenoxy) is 1. The molecular weight excluding hydrogens is 466 g/mol. The smallest absolute Gasteiger partial charge is 0.324 e. The Labute approximate surface area is 193 Å². The maximum atomic E-state index is 13.6. The lowest BCUT2D eigenvalue weighted by Crippen LogP contribution is -2.46. The molecule has 1 saturated carbocycles. The SMILES string of the molecule is CC1(C)C2CCC1(C(=O)Oc1ccc(Cl)cc1Cl)c1nc3cc(Cl)c(Cl)cc3nc12. The van der Waals surface area contributed by atoms with E-state index in [0.717, 1.165) is 12.1 Å². The van der Waals surface area contributed by atoms with Gasteiger partial charge in [-0.3, -0.25) is 4.79 Å². The summed E-state index contributed by atoms with van der Waals surface area (Å²) in [5, 5.41) is 1.57. The van der Waals surface area contributed by atoms with Crippen LogP contribution in [0.3, 0.4) is 0 Å². The van der Waals surface area contributed by atoms with Gasteiger partial charge in [0.1, 0.15) is 11.2 Å². The third-order valence-electron chi connectivity index (χ3n) is 6.69. The van der Waals surface area contributed by atoms with Gasteiger partial charge in [0.25, 0.3) is 0 Å². The molecule has 1 heterocycles. The number of hydrogen-bond donors (Lipinski definition) is 0. The molecule has 154 valence electrons. The number of carbonyl (C=O) groups excluding carboxylic acids is 1. The largest absolute Gasteiger partial charge is 0.424 e. The third kappa shape index (κ3) is 2.64. The van der Waals surface area contributed by atoms with Crippen LogP contribution in [0.4, 0.5) is 0 Å². The minimum atomic E-state index is -0.927. The molecule has 0 amide bonds. The van der Waals surface area contributed by atoms with E-state index in [9.17, 15) is 4.79 Å². The van der Waals surface area contributed by atoms with E-state index < -0.39 is 10.8 Å². The Hall–Kier alpha value is -1.59. The Morgan fingerprint density at radius 3 is 2.33 bits per heavy atom. The Balaban J connectivity index is 1.67. The van der Waals surface area contributed by atoms with Crippen molar-refractivity contribution in [2.45, 2.75) is 38.0 Å². The van der Waals surface area contributed by atoms with Gasteiger partial charge in [-0.05, 0) is 48.6 Å². The molecular formula is C22H16Cl4N2O2. The van der Waals surface area contributed by atoms with Crippen LogP contribution >= 0.6 is 46.4 Å². The number of fused-ring (bicyclic) bond motifs is 6. The zero-order valence-corrected chi connectivity index (χ0v) is 19.1. The molecule has 2 aliphatic rings. The van der Waals surface area contributed by atoms with Crippen LogP contribution in [0, 0.1) is 5.41 Å². The Morgan fingerprint density at radius 2 is 1.67 bits per heavy atom. The van der Waals surface area contributed by atoms with Crippen molar-refractivity contribution in [3.8, 4) is 5.75 Å². The van der Waals surface area contributed by atoms with E-state index in [4.69, 9.17) is 61.1 Å². The van der Waals surface area contributed by atoms with E-state index >= 15 is 0 Å². The van der Waals surface area contributed by atoms with Crippen LogP contribution in [-0.2, 0) is 10.2 Å². The topological polar surface area (TPSA) is 52.1 Å². The summed E-state index contributed by atoms with van der Waals surface area (Å²) < 4.78 is 5.81. The van der Waals surface area contributed by atoms with Crippen LogP contribution < -0.4 is 4.74 Å². The summed E-state index contributed by atoms with van der Waals surface area (Å²) in [7, 11) is 0. The van der Waals surface area contributed by atoms with E-state index in [0.29, 0.717) is 38.2 Å². The van der Waals surface area contributed by atoms with E-state index in [1.165, 1.54) is 0 Å². The van der Waals surface area contributed by atoms with E-state index in [1.807, 2.05) is 0 Å². The fourth-order valence-corrected chi connectivity index (χ4v) is 5.84. The molecule has 4 nitrogen and oxygen atoms in total. The van der Waals surface area contributed by atoms with Gasteiger partial charge in [-0.25, -0.2) is 9.97 Å². The van der Waals surface area contributed by atoms with Gasteiger partial charge < -0.3 is 4.74 Å². The summed E-state index contributed by atoms with van der Waals surface area (Å²) >= 11 is 24.6. The summed E-state index contributed by atoms with van der Waals surface area (Å²) in [6.07, 6.45) is 1.45. The molecule has 2 bridgehead atoms. The molecule has 0 spiro atoms. The number of nitrogens with zero attached hydrogens (tertiary/aromatic N) is 2. The molecule has 1 aromatic heterocycles. The zero-order chi connectivity index (χ0) is 21.4. The Morgan fingerprint density at radius 1 is 1.00 bits per heavy atom. The molecule has 30 heavy (non-hydrogen) atoms. The second-order valence-corrected chi connectivity index (χ2v) is 10.1. The van der Waals surface area contributed by atoms with Crippen molar-refractivity contribution >= 4 is 63.4 Å². The molecule has 2 atom stereocenters. The fourth-order valence-electron chi connectivity index (χ4n) is 5.07. The fraction of sp³-hybridized carbons (Fsp3) is 0.318.